The van der Waals surface area contributed by atoms with E-state index in [1.54, 1.807) is 43.3 Å². The Labute approximate surface area is 197 Å². The van der Waals surface area contributed by atoms with E-state index in [1.165, 1.54) is 12.1 Å². The summed E-state index contributed by atoms with van der Waals surface area (Å²) in [4.78, 5) is 19.0. The van der Waals surface area contributed by atoms with Gasteiger partial charge in [-0.3, -0.25) is 9.69 Å². The molecule has 2 N–H and O–H groups in total. The highest BCUT2D eigenvalue weighted by molar-refractivity contribution is 5.91. The molecule has 0 spiro atoms. The Balaban J connectivity index is 1.54. The minimum absolute atomic E-state index is 0.278. The summed E-state index contributed by atoms with van der Waals surface area (Å²) in [5.74, 6) is 0.616. The van der Waals surface area contributed by atoms with Gasteiger partial charge in [-0.2, -0.15) is 0 Å². The summed E-state index contributed by atoms with van der Waals surface area (Å²) in [6.45, 7) is 0.535. The van der Waals surface area contributed by atoms with Crippen molar-refractivity contribution >= 4 is 5.91 Å². The van der Waals surface area contributed by atoms with Crippen molar-refractivity contribution in [2.45, 2.75) is 37.3 Å². The van der Waals surface area contributed by atoms with Gasteiger partial charge in [0.15, 0.2) is 5.82 Å². The van der Waals surface area contributed by atoms with Gasteiger partial charge in [-0.1, -0.05) is 18.2 Å². The monoisotopic (exact) mass is 468 g/mol. The van der Waals surface area contributed by atoms with E-state index in [0.29, 0.717) is 18.7 Å². The third kappa shape index (κ3) is 5.21. The second-order valence-electron chi connectivity index (χ2n) is 8.54. The number of halogens is 1. The van der Waals surface area contributed by atoms with Crippen molar-refractivity contribution in [3.63, 3.8) is 0 Å². The Hall–Kier alpha value is -3.43. The van der Waals surface area contributed by atoms with Crippen LogP contribution in [0.15, 0.2) is 60.9 Å². The normalized spacial score (nSPS) is 22.1. The number of ether oxygens (including phenoxy) is 2. The van der Waals surface area contributed by atoms with Crippen LogP contribution in [0.25, 0.3) is 0 Å². The molecule has 1 heterocycles. The lowest BCUT2D eigenvalue weighted by Crippen LogP contribution is -2.52. The number of hydrogen-bond donors (Lipinski definition) is 2. The maximum absolute atomic E-state index is 13.7. The number of benzene rings is 2. The van der Waals surface area contributed by atoms with E-state index in [0.717, 1.165) is 11.3 Å². The van der Waals surface area contributed by atoms with Crippen LogP contribution in [0.4, 0.5) is 4.39 Å². The smallest absolute Gasteiger partial charge is 0.287 e. The van der Waals surface area contributed by atoms with Gasteiger partial charge >= 0.3 is 0 Å². The predicted octanol–water partition coefficient (Wildman–Crippen LogP) is 2.38. The fourth-order valence-corrected chi connectivity index (χ4v) is 4.47. The van der Waals surface area contributed by atoms with E-state index in [4.69, 9.17) is 9.47 Å². The first-order valence-corrected chi connectivity index (χ1v) is 11.1. The van der Waals surface area contributed by atoms with Crippen LogP contribution in [0.5, 0.6) is 11.5 Å². The Morgan fingerprint density at radius 3 is 2.68 bits per heavy atom. The summed E-state index contributed by atoms with van der Waals surface area (Å²) in [5.41, 5.74) is 1.03. The van der Waals surface area contributed by atoms with Gasteiger partial charge in [0.2, 0.25) is 0 Å². The molecular weight excluding hydrogens is 439 g/mol. The maximum Gasteiger partial charge on any atom is 0.287 e. The van der Waals surface area contributed by atoms with Crippen LogP contribution < -0.4 is 14.8 Å². The Morgan fingerprint density at radius 2 is 2.03 bits per heavy atom. The van der Waals surface area contributed by atoms with E-state index in [2.05, 4.69) is 10.3 Å². The molecule has 4 atom stereocenters. The molecule has 1 amide bonds. The highest BCUT2D eigenvalue weighted by Crippen LogP contribution is 2.30. The Morgan fingerprint density at radius 1 is 1.26 bits per heavy atom. The number of aryl methyl sites for hydroxylation is 1. The van der Waals surface area contributed by atoms with Crippen LogP contribution in [0, 0.1) is 5.82 Å². The van der Waals surface area contributed by atoms with Crippen LogP contribution in [0.2, 0.25) is 0 Å². The summed E-state index contributed by atoms with van der Waals surface area (Å²) in [6.07, 6.45) is 2.06. The van der Waals surface area contributed by atoms with Gasteiger partial charge < -0.3 is 24.5 Å². The minimum Gasteiger partial charge on any atom is -0.497 e. The summed E-state index contributed by atoms with van der Waals surface area (Å²) in [7, 11) is 5.25. The number of nitrogens with zero attached hydrogens (tertiary/aromatic N) is 3. The molecular formula is C25H29FN4O4. The second kappa shape index (κ2) is 10.2. The van der Waals surface area contributed by atoms with Gasteiger partial charge in [0, 0.05) is 38.5 Å². The third-order valence-electron chi connectivity index (χ3n) is 6.15. The predicted molar refractivity (Wildman–Crippen MR) is 124 cm³/mol. The van der Waals surface area contributed by atoms with Crippen molar-refractivity contribution < 1.29 is 23.8 Å². The van der Waals surface area contributed by atoms with Gasteiger partial charge in [0.25, 0.3) is 5.91 Å². The number of carbonyl (C=O) groups is 1. The van der Waals surface area contributed by atoms with Gasteiger partial charge in [0.1, 0.15) is 29.5 Å². The molecule has 4 rings (SSSR count). The molecule has 1 aliphatic carbocycles. The number of likely N-dealkylation sites (N-methyl/N-ethyl adjacent to an activating group) is 1. The van der Waals surface area contributed by atoms with Gasteiger partial charge in [0.05, 0.1) is 19.2 Å². The molecule has 180 valence electrons. The van der Waals surface area contributed by atoms with Crippen molar-refractivity contribution in [1.29, 1.82) is 0 Å². The third-order valence-corrected chi connectivity index (χ3v) is 6.15. The Bertz CT molecular complexity index is 1120. The molecule has 1 fully saturated rings. The topological polar surface area (TPSA) is 88.8 Å². The van der Waals surface area contributed by atoms with Gasteiger partial charge in [-0.05, 0) is 36.9 Å². The zero-order valence-electron chi connectivity index (χ0n) is 19.4. The van der Waals surface area contributed by atoms with Crippen LogP contribution >= 0.6 is 0 Å². The number of imidazole rings is 1. The zero-order chi connectivity index (χ0) is 24.2. The molecule has 0 saturated heterocycles. The summed E-state index contributed by atoms with van der Waals surface area (Å²) >= 11 is 0. The number of hydrogen-bond acceptors (Lipinski definition) is 6. The van der Waals surface area contributed by atoms with Crippen molar-refractivity contribution in [2.24, 2.45) is 7.05 Å². The minimum atomic E-state index is -0.918. The van der Waals surface area contributed by atoms with Gasteiger partial charge in [-0.25, -0.2) is 9.37 Å². The molecule has 1 aromatic heterocycles. The molecule has 8 nitrogen and oxygen atoms in total. The van der Waals surface area contributed by atoms with Crippen LogP contribution in [0.1, 0.15) is 22.6 Å². The highest BCUT2D eigenvalue weighted by Gasteiger charge is 2.46. The van der Waals surface area contributed by atoms with E-state index < -0.39 is 30.1 Å². The first-order chi connectivity index (χ1) is 16.4. The summed E-state index contributed by atoms with van der Waals surface area (Å²) in [6, 6.07) is 12.6. The van der Waals surface area contributed by atoms with E-state index in [-0.39, 0.29) is 11.7 Å². The van der Waals surface area contributed by atoms with Crippen molar-refractivity contribution in [1.82, 2.24) is 19.8 Å². The fraction of sp³-hybridized carbons (Fsp3) is 0.360. The van der Waals surface area contributed by atoms with E-state index in [9.17, 15) is 14.3 Å². The van der Waals surface area contributed by atoms with Crippen LogP contribution in [0.3, 0.4) is 0 Å². The lowest BCUT2D eigenvalue weighted by molar-refractivity contribution is 0.0124. The van der Waals surface area contributed by atoms with E-state index >= 15 is 0 Å². The number of aliphatic hydroxyl groups excluding tert-OH is 1. The lowest BCUT2D eigenvalue weighted by atomic mass is 10.1. The molecule has 3 aromatic rings. The quantitative estimate of drug-likeness (QED) is 0.528. The summed E-state index contributed by atoms with van der Waals surface area (Å²) in [5, 5.41) is 14.2. The summed E-state index contributed by atoms with van der Waals surface area (Å²) < 4.78 is 26.5. The van der Waals surface area contributed by atoms with Gasteiger partial charge in [-0.15, -0.1) is 0 Å². The molecule has 1 saturated carbocycles. The lowest BCUT2D eigenvalue weighted by Gasteiger charge is -2.32. The largest absolute Gasteiger partial charge is 0.497 e. The maximum atomic E-state index is 13.7. The van der Waals surface area contributed by atoms with Crippen LogP contribution in [-0.2, 0) is 13.6 Å². The number of aromatic nitrogens is 2. The molecule has 34 heavy (non-hydrogen) atoms. The first kappa shape index (κ1) is 23.7. The number of methoxy groups -OCH3 is 1. The molecule has 0 unspecified atom stereocenters. The number of amides is 1. The second-order valence-corrected chi connectivity index (χ2v) is 8.54. The first-order valence-electron chi connectivity index (χ1n) is 11.1. The average Bonchev–Trinajstić information content (AvgIpc) is 3.37. The number of rotatable bonds is 8. The molecule has 1 aliphatic rings. The highest BCUT2D eigenvalue weighted by atomic mass is 19.1. The number of carbonyl (C=O) groups excluding carboxylic acids is 1. The molecule has 2 aromatic carbocycles. The van der Waals surface area contributed by atoms with Crippen molar-refractivity contribution in [2.75, 3.05) is 14.2 Å². The average molecular weight is 469 g/mol. The fourth-order valence-electron chi connectivity index (χ4n) is 4.47. The zero-order valence-corrected chi connectivity index (χ0v) is 19.4. The molecule has 9 heteroatoms. The van der Waals surface area contributed by atoms with E-state index in [1.807, 2.05) is 36.2 Å². The number of nitrogens with one attached hydrogen (secondary N) is 1. The number of aliphatic hydroxyl groups is 1. The molecule has 0 bridgehead atoms. The van der Waals surface area contributed by atoms with Crippen LogP contribution in [-0.4, -0.2) is 63.9 Å². The molecule has 0 radical (unpaired) electrons. The Kier molecular flexibility index (Phi) is 7.14. The molecule has 0 aliphatic heterocycles. The van der Waals surface area contributed by atoms with Crippen molar-refractivity contribution in [3.8, 4) is 11.5 Å². The van der Waals surface area contributed by atoms with Crippen molar-refractivity contribution in [3.05, 3.63) is 78.1 Å². The standard InChI is InChI=1S/C25H29FN4O4/c1-29-12-11-27-24(29)25(32)28-20-14-21(34-19-6-4-5-17(26)13-19)23(31)22(20)30(2)15-16-7-9-18(33-3)10-8-16/h4-13,20-23,31H,14-15H2,1-3H3,(H,28,32)/t20-,21-,22+,23+/m1/s1. The SMILES string of the molecule is COc1ccc(CN(C)[C@@H]2[C@@H](O)[C@H](Oc3cccc(F)c3)C[C@H]2NC(=O)c2nccn2C)cc1.